The van der Waals surface area contributed by atoms with Crippen LogP contribution in [0.4, 0.5) is 10.1 Å². The van der Waals surface area contributed by atoms with Crippen molar-refractivity contribution >= 4 is 5.69 Å². The summed E-state index contributed by atoms with van der Waals surface area (Å²) < 4.78 is 12.9. The Bertz CT molecular complexity index is 391. The van der Waals surface area contributed by atoms with Crippen LogP contribution in [0, 0.1) is 5.82 Å². The van der Waals surface area contributed by atoms with E-state index in [2.05, 4.69) is 22.0 Å². The first-order valence-corrected chi connectivity index (χ1v) is 7.30. The Morgan fingerprint density at radius 3 is 2.40 bits per heavy atom. The van der Waals surface area contributed by atoms with Crippen LogP contribution in [0.25, 0.3) is 0 Å². The van der Waals surface area contributed by atoms with Gasteiger partial charge in [0.15, 0.2) is 0 Å². The van der Waals surface area contributed by atoms with Crippen LogP contribution in [0.2, 0.25) is 0 Å². The average molecular weight is 281 g/mol. The molecular formula is C15H24FN3O. The Kier molecular flexibility index (Phi) is 5.76. The molecule has 1 aliphatic heterocycles. The molecule has 0 spiro atoms. The first-order valence-electron chi connectivity index (χ1n) is 7.30. The molecule has 1 fully saturated rings. The summed E-state index contributed by atoms with van der Waals surface area (Å²) in [6.07, 6.45) is 0. The highest BCUT2D eigenvalue weighted by Crippen LogP contribution is 2.16. The van der Waals surface area contributed by atoms with E-state index in [0.29, 0.717) is 0 Å². The average Bonchev–Trinajstić information content (AvgIpc) is 2.48. The van der Waals surface area contributed by atoms with Gasteiger partial charge < -0.3 is 15.3 Å². The minimum atomic E-state index is -0.191. The summed E-state index contributed by atoms with van der Waals surface area (Å²) >= 11 is 0. The number of nitrogens with one attached hydrogen (secondary N) is 1. The van der Waals surface area contributed by atoms with E-state index in [1.165, 1.54) is 12.1 Å². The minimum absolute atomic E-state index is 0.150. The second-order valence-electron chi connectivity index (χ2n) is 5.20. The molecule has 0 saturated carbocycles. The zero-order valence-electron chi connectivity index (χ0n) is 12.1. The van der Waals surface area contributed by atoms with Crippen LogP contribution in [0.1, 0.15) is 6.92 Å². The predicted molar refractivity (Wildman–Crippen MR) is 79.6 cm³/mol. The first-order chi connectivity index (χ1) is 9.72. The van der Waals surface area contributed by atoms with Crippen molar-refractivity contribution in [3.8, 4) is 0 Å². The number of piperazine rings is 1. The van der Waals surface area contributed by atoms with Crippen LogP contribution in [-0.4, -0.2) is 61.9 Å². The predicted octanol–water partition coefficient (Wildman–Crippen LogP) is 0.918. The van der Waals surface area contributed by atoms with Gasteiger partial charge in [-0.2, -0.15) is 0 Å². The Labute approximate surface area is 120 Å². The number of halogens is 1. The van der Waals surface area contributed by atoms with Crippen molar-refractivity contribution in [2.45, 2.75) is 13.0 Å². The smallest absolute Gasteiger partial charge is 0.123 e. The van der Waals surface area contributed by atoms with Gasteiger partial charge in [0.05, 0.1) is 6.61 Å². The maximum Gasteiger partial charge on any atom is 0.123 e. The fraction of sp³-hybridized carbons (Fsp3) is 0.600. The van der Waals surface area contributed by atoms with E-state index in [1.54, 1.807) is 0 Å². The van der Waals surface area contributed by atoms with Crippen LogP contribution in [-0.2, 0) is 0 Å². The topological polar surface area (TPSA) is 38.7 Å². The number of aliphatic hydroxyl groups is 1. The number of nitrogens with zero attached hydrogens (tertiary/aromatic N) is 2. The lowest BCUT2D eigenvalue weighted by Gasteiger charge is -2.37. The van der Waals surface area contributed by atoms with Crippen LogP contribution in [0.3, 0.4) is 0 Å². The van der Waals surface area contributed by atoms with Gasteiger partial charge >= 0.3 is 0 Å². The van der Waals surface area contributed by atoms with Crippen molar-refractivity contribution in [3.05, 3.63) is 30.1 Å². The summed E-state index contributed by atoms with van der Waals surface area (Å²) in [5.41, 5.74) is 1.08. The molecule has 0 bridgehead atoms. The molecule has 4 nitrogen and oxygen atoms in total. The van der Waals surface area contributed by atoms with E-state index in [-0.39, 0.29) is 18.5 Å². The highest BCUT2D eigenvalue weighted by molar-refractivity contribution is 5.46. The van der Waals surface area contributed by atoms with E-state index in [9.17, 15) is 9.50 Å². The fourth-order valence-electron chi connectivity index (χ4n) is 2.63. The maximum absolute atomic E-state index is 12.9. The highest BCUT2D eigenvalue weighted by Gasteiger charge is 2.19. The summed E-state index contributed by atoms with van der Waals surface area (Å²) in [5, 5.41) is 12.6. The molecular weight excluding hydrogens is 257 g/mol. The van der Waals surface area contributed by atoms with E-state index in [0.717, 1.165) is 45.0 Å². The number of benzene rings is 1. The largest absolute Gasteiger partial charge is 0.395 e. The zero-order valence-corrected chi connectivity index (χ0v) is 12.1. The highest BCUT2D eigenvalue weighted by atomic mass is 19.1. The summed E-state index contributed by atoms with van der Waals surface area (Å²) in [6, 6.07) is 6.83. The third-order valence-corrected chi connectivity index (χ3v) is 3.76. The Hall–Kier alpha value is -1.17. The molecule has 1 saturated heterocycles. The quantitative estimate of drug-likeness (QED) is 0.813. The van der Waals surface area contributed by atoms with Crippen LogP contribution in [0.5, 0.6) is 0 Å². The van der Waals surface area contributed by atoms with E-state index >= 15 is 0 Å². The third-order valence-electron chi connectivity index (χ3n) is 3.76. The molecule has 2 rings (SSSR count). The number of hydrogen-bond donors (Lipinski definition) is 2. The number of hydrogen-bond acceptors (Lipinski definition) is 4. The molecule has 0 amide bonds. The van der Waals surface area contributed by atoms with Gasteiger partial charge in [0.2, 0.25) is 0 Å². The second-order valence-corrected chi connectivity index (χ2v) is 5.20. The van der Waals surface area contributed by atoms with Gasteiger partial charge in [-0.25, -0.2) is 4.39 Å². The SMILES string of the molecule is CCNC(CO)CN1CCN(c2ccc(F)cc2)CC1. The molecule has 1 aromatic rings. The standard InChI is InChI=1S/C15H24FN3O/c1-2-17-14(12-20)11-18-7-9-19(10-8-18)15-5-3-13(16)4-6-15/h3-6,14,17,20H,2,7-12H2,1H3. The first kappa shape index (κ1) is 15.2. The summed E-state index contributed by atoms with van der Waals surface area (Å²) in [6.45, 7) is 7.80. The monoisotopic (exact) mass is 281 g/mol. The van der Waals surface area contributed by atoms with Gasteiger partial charge in [-0.1, -0.05) is 6.92 Å². The lowest BCUT2D eigenvalue weighted by molar-refractivity contribution is 0.177. The number of likely N-dealkylation sites (N-methyl/N-ethyl adjacent to an activating group) is 1. The van der Waals surface area contributed by atoms with Crippen LogP contribution in [0.15, 0.2) is 24.3 Å². The molecule has 1 aliphatic rings. The molecule has 2 N–H and O–H groups in total. The molecule has 20 heavy (non-hydrogen) atoms. The Morgan fingerprint density at radius 2 is 1.85 bits per heavy atom. The van der Waals surface area contributed by atoms with Gasteiger partial charge in [0, 0.05) is 44.5 Å². The number of anilines is 1. The van der Waals surface area contributed by atoms with E-state index in [1.807, 2.05) is 12.1 Å². The van der Waals surface area contributed by atoms with Crippen molar-refractivity contribution in [2.75, 3.05) is 50.8 Å². The van der Waals surface area contributed by atoms with Crippen molar-refractivity contribution < 1.29 is 9.50 Å². The van der Waals surface area contributed by atoms with Gasteiger partial charge in [-0.15, -0.1) is 0 Å². The molecule has 1 atom stereocenters. The molecule has 112 valence electrons. The van der Waals surface area contributed by atoms with Gasteiger partial charge in [0.1, 0.15) is 5.82 Å². The molecule has 0 aromatic heterocycles. The fourth-order valence-corrected chi connectivity index (χ4v) is 2.63. The molecule has 0 radical (unpaired) electrons. The molecule has 5 heteroatoms. The third kappa shape index (κ3) is 4.16. The van der Waals surface area contributed by atoms with Crippen molar-refractivity contribution in [1.82, 2.24) is 10.2 Å². The summed E-state index contributed by atoms with van der Waals surface area (Å²) in [5.74, 6) is -0.191. The maximum atomic E-state index is 12.9. The Balaban J connectivity index is 1.81. The lowest BCUT2D eigenvalue weighted by atomic mass is 10.2. The molecule has 1 aromatic carbocycles. The van der Waals surface area contributed by atoms with Gasteiger partial charge in [-0.3, -0.25) is 4.90 Å². The number of rotatable bonds is 6. The van der Waals surface area contributed by atoms with Crippen LogP contribution < -0.4 is 10.2 Å². The molecule has 1 heterocycles. The van der Waals surface area contributed by atoms with Crippen molar-refractivity contribution in [3.63, 3.8) is 0 Å². The number of aliphatic hydroxyl groups excluding tert-OH is 1. The Morgan fingerprint density at radius 1 is 1.20 bits per heavy atom. The van der Waals surface area contributed by atoms with Crippen molar-refractivity contribution in [2.24, 2.45) is 0 Å². The van der Waals surface area contributed by atoms with E-state index in [4.69, 9.17) is 0 Å². The minimum Gasteiger partial charge on any atom is -0.395 e. The molecule has 0 aliphatic carbocycles. The summed E-state index contributed by atoms with van der Waals surface area (Å²) in [7, 11) is 0. The lowest BCUT2D eigenvalue weighted by Crippen LogP contribution is -2.51. The van der Waals surface area contributed by atoms with Gasteiger partial charge in [-0.05, 0) is 30.8 Å². The van der Waals surface area contributed by atoms with Crippen LogP contribution >= 0.6 is 0 Å². The second kappa shape index (κ2) is 7.57. The normalized spacial score (nSPS) is 18.2. The zero-order chi connectivity index (χ0) is 14.4. The van der Waals surface area contributed by atoms with E-state index < -0.39 is 0 Å². The van der Waals surface area contributed by atoms with Crippen molar-refractivity contribution in [1.29, 1.82) is 0 Å². The van der Waals surface area contributed by atoms with Gasteiger partial charge in [0.25, 0.3) is 0 Å². The molecule has 1 unspecified atom stereocenters. The summed E-state index contributed by atoms with van der Waals surface area (Å²) in [4.78, 5) is 4.64.